The number of carboxylic acid groups (broad SMARTS) is 1. The molecule has 11 nitrogen and oxygen atoms in total. The Bertz CT molecular complexity index is 1160. The molecule has 1 amide bonds. The van der Waals surface area contributed by atoms with Crippen molar-refractivity contribution in [2.75, 3.05) is 0 Å². The minimum atomic E-state index is -1.09. The SMILES string of the molecule is O=C(NC1(Cc2cn(-c3cnccc3C(=O)O)nn2)CCCCC1)c1cc(=O)[nH]cn1. The summed E-state index contributed by atoms with van der Waals surface area (Å²) >= 11 is 0. The van der Waals surface area contributed by atoms with Crippen LogP contribution in [-0.2, 0) is 6.42 Å². The molecule has 3 N–H and O–H groups in total. The molecule has 3 aromatic heterocycles. The van der Waals surface area contributed by atoms with E-state index in [2.05, 4.69) is 30.6 Å². The quantitative estimate of drug-likeness (QED) is 0.532. The standard InChI is InChI=1S/C20H21N7O4/c28-17-8-15(22-12-23-17)18(29)24-20(5-2-1-3-6-20)9-13-11-27(26-25-13)16-10-21-7-4-14(16)19(30)31/h4,7-8,10-12H,1-3,5-6,9H2,(H,24,29)(H,30,31)(H,22,23,28). The molecular weight excluding hydrogens is 402 g/mol. The number of hydrogen-bond donors (Lipinski definition) is 3. The molecule has 0 aliphatic heterocycles. The number of rotatable bonds is 6. The summed E-state index contributed by atoms with van der Waals surface area (Å²) in [6.45, 7) is 0. The number of carbonyl (C=O) groups is 2. The smallest absolute Gasteiger partial charge is 0.338 e. The lowest BCUT2D eigenvalue weighted by Crippen LogP contribution is -2.51. The molecule has 0 aromatic carbocycles. The topological polar surface area (TPSA) is 156 Å². The Morgan fingerprint density at radius 2 is 2.06 bits per heavy atom. The molecule has 3 heterocycles. The molecule has 1 saturated carbocycles. The van der Waals surface area contributed by atoms with E-state index in [0.29, 0.717) is 17.8 Å². The zero-order chi connectivity index (χ0) is 21.8. The molecule has 160 valence electrons. The van der Waals surface area contributed by atoms with Crippen molar-refractivity contribution >= 4 is 11.9 Å². The van der Waals surface area contributed by atoms with E-state index < -0.39 is 23.0 Å². The summed E-state index contributed by atoms with van der Waals surface area (Å²) in [6.07, 6.45) is 10.6. The zero-order valence-electron chi connectivity index (χ0n) is 16.6. The fourth-order valence-electron chi connectivity index (χ4n) is 3.97. The van der Waals surface area contributed by atoms with Crippen molar-refractivity contribution < 1.29 is 14.7 Å². The van der Waals surface area contributed by atoms with Crippen molar-refractivity contribution in [3.05, 3.63) is 64.4 Å². The molecule has 1 aliphatic rings. The van der Waals surface area contributed by atoms with Crippen LogP contribution in [0.15, 0.2) is 41.8 Å². The van der Waals surface area contributed by atoms with E-state index >= 15 is 0 Å². The fraction of sp³-hybridized carbons (Fsp3) is 0.350. The van der Waals surface area contributed by atoms with Gasteiger partial charge >= 0.3 is 5.97 Å². The summed E-state index contributed by atoms with van der Waals surface area (Å²) < 4.78 is 1.38. The van der Waals surface area contributed by atoms with Crippen LogP contribution in [0, 0.1) is 0 Å². The second-order valence-electron chi connectivity index (χ2n) is 7.62. The Morgan fingerprint density at radius 1 is 1.26 bits per heavy atom. The van der Waals surface area contributed by atoms with Gasteiger partial charge in [-0.1, -0.05) is 24.5 Å². The number of aromatic carboxylic acids is 1. The molecule has 31 heavy (non-hydrogen) atoms. The van der Waals surface area contributed by atoms with Crippen LogP contribution < -0.4 is 10.9 Å². The lowest BCUT2D eigenvalue weighted by atomic mass is 9.78. The number of nitrogens with zero attached hydrogens (tertiary/aromatic N) is 5. The van der Waals surface area contributed by atoms with Crippen LogP contribution in [0.5, 0.6) is 0 Å². The minimum Gasteiger partial charge on any atom is -0.478 e. The molecule has 3 aromatic rings. The average Bonchev–Trinajstić information content (AvgIpc) is 3.22. The third-order valence-electron chi connectivity index (χ3n) is 5.44. The lowest BCUT2D eigenvalue weighted by molar-refractivity contribution is 0.0696. The molecule has 0 radical (unpaired) electrons. The van der Waals surface area contributed by atoms with Crippen LogP contribution in [0.3, 0.4) is 0 Å². The number of aromatic amines is 1. The van der Waals surface area contributed by atoms with E-state index in [1.807, 2.05) is 0 Å². The third kappa shape index (κ3) is 4.49. The molecule has 1 fully saturated rings. The number of H-pyrrole nitrogens is 1. The summed E-state index contributed by atoms with van der Waals surface area (Å²) in [6, 6.07) is 2.56. The van der Waals surface area contributed by atoms with Gasteiger partial charge in [-0.3, -0.25) is 14.6 Å². The van der Waals surface area contributed by atoms with E-state index in [0.717, 1.165) is 38.2 Å². The maximum Gasteiger partial charge on any atom is 0.338 e. The average molecular weight is 423 g/mol. The zero-order valence-corrected chi connectivity index (χ0v) is 16.6. The number of aromatic nitrogens is 6. The monoisotopic (exact) mass is 423 g/mol. The number of nitrogens with one attached hydrogen (secondary N) is 2. The van der Waals surface area contributed by atoms with Gasteiger partial charge in [0.15, 0.2) is 0 Å². The second kappa shape index (κ2) is 8.46. The molecule has 4 rings (SSSR count). The van der Waals surface area contributed by atoms with Gasteiger partial charge < -0.3 is 15.4 Å². The highest BCUT2D eigenvalue weighted by Gasteiger charge is 2.35. The fourth-order valence-corrected chi connectivity index (χ4v) is 3.97. The summed E-state index contributed by atoms with van der Waals surface area (Å²) in [5.74, 6) is -1.50. The Kier molecular flexibility index (Phi) is 5.56. The Hall–Kier alpha value is -3.89. The van der Waals surface area contributed by atoms with Crippen molar-refractivity contribution in [2.24, 2.45) is 0 Å². The Morgan fingerprint density at radius 3 is 2.81 bits per heavy atom. The van der Waals surface area contributed by atoms with Crippen LogP contribution in [0.25, 0.3) is 5.69 Å². The van der Waals surface area contributed by atoms with E-state index in [1.54, 1.807) is 6.20 Å². The predicted octanol–water partition coefficient (Wildman–Crippen LogP) is 1.12. The van der Waals surface area contributed by atoms with Crippen LogP contribution >= 0.6 is 0 Å². The van der Waals surface area contributed by atoms with E-state index in [1.165, 1.54) is 29.5 Å². The van der Waals surface area contributed by atoms with Gasteiger partial charge in [0, 0.05) is 24.2 Å². The second-order valence-corrected chi connectivity index (χ2v) is 7.62. The van der Waals surface area contributed by atoms with Crippen LogP contribution in [0.2, 0.25) is 0 Å². The highest BCUT2D eigenvalue weighted by Crippen LogP contribution is 2.31. The summed E-state index contributed by atoms with van der Waals surface area (Å²) in [4.78, 5) is 46.1. The van der Waals surface area contributed by atoms with Crippen molar-refractivity contribution in [2.45, 2.75) is 44.1 Å². The molecule has 11 heteroatoms. The van der Waals surface area contributed by atoms with Crippen LogP contribution in [-0.4, -0.2) is 52.5 Å². The van der Waals surface area contributed by atoms with Gasteiger partial charge in [-0.2, -0.15) is 0 Å². The Balaban J connectivity index is 1.59. The van der Waals surface area contributed by atoms with Crippen LogP contribution in [0.4, 0.5) is 0 Å². The first-order chi connectivity index (χ1) is 15.0. The molecule has 0 bridgehead atoms. The van der Waals surface area contributed by atoms with Crippen LogP contribution in [0.1, 0.15) is 58.6 Å². The molecular formula is C20H21N7O4. The molecule has 1 aliphatic carbocycles. The summed E-state index contributed by atoms with van der Waals surface area (Å²) in [5.41, 5.74) is 0.0904. The van der Waals surface area contributed by atoms with Gasteiger partial charge in [-0.25, -0.2) is 14.5 Å². The van der Waals surface area contributed by atoms with Gasteiger partial charge in [0.1, 0.15) is 5.69 Å². The number of carbonyl (C=O) groups excluding carboxylic acids is 1. The number of hydrogen-bond acceptors (Lipinski definition) is 7. The van der Waals surface area contributed by atoms with Gasteiger partial charge in [0.2, 0.25) is 0 Å². The largest absolute Gasteiger partial charge is 0.478 e. The maximum absolute atomic E-state index is 12.8. The summed E-state index contributed by atoms with van der Waals surface area (Å²) in [7, 11) is 0. The van der Waals surface area contributed by atoms with Gasteiger partial charge in [0.05, 0.1) is 35.7 Å². The third-order valence-corrected chi connectivity index (χ3v) is 5.44. The Labute approximate surface area is 176 Å². The van der Waals surface area contributed by atoms with Gasteiger partial charge in [-0.05, 0) is 18.9 Å². The number of carboxylic acids is 1. The van der Waals surface area contributed by atoms with Gasteiger partial charge in [0.25, 0.3) is 11.5 Å². The van der Waals surface area contributed by atoms with Crippen molar-refractivity contribution in [3.63, 3.8) is 0 Å². The first-order valence-electron chi connectivity index (χ1n) is 9.92. The summed E-state index contributed by atoms with van der Waals surface area (Å²) in [5, 5.41) is 20.7. The maximum atomic E-state index is 12.8. The van der Waals surface area contributed by atoms with Crippen molar-refractivity contribution in [1.29, 1.82) is 0 Å². The predicted molar refractivity (Wildman–Crippen MR) is 108 cm³/mol. The highest BCUT2D eigenvalue weighted by molar-refractivity contribution is 5.92. The molecule has 0 unspecified atom stereocenters. The molecule has 0 atom stereocenters. The van der Waals surface area contributed by atoms with Crippen molar-refractivity contribution in [1.82, 2.24) is 35.3 Å². The minimum absolute atomic E-state index is 0.0545. The van der Waals surface area contributed by atoms with Gasteiger partial charge in [-0.15, -0.1) is 5.10 Å². The molecule has 0 saturated heterocycles. The lowest BCUT2D eigenvalue weighted by Gasteiger charge is -2.37. The normalized spacial score (nSPS) is 15.4. The number of amides is 1. The van der Waals surface area contributed by atoms with Crippen molar-refractivity contribution in [3.8, 4) is 5.69 Å². The first kappa shape index (κ1) is 20.4. The van der Waals surface area contributed by atoms with E-state index in [4.69, 9.17) is 0 Å². The van der Waals surface area contributed by atoms with E-state index in [9.17, 15) is 19.5 Å². The molecule has 0 spiro atoms. The van der Waals surface area contributed by atoms with E-state index in [-0.39, 0.29) is 11.3 Å². The first-order valence-corrected chi connectivity index (χ1v) is 9.92. The highest BCUT2D eigenvalue weighted by atomic mass is 16.4. The number of pyridine rings is 1.